The Bertz CT molecular complexity index is 1430. The molecule has 1 amide bonds. The van der Waals surface area contributed by atoms with Crippen LogP contribution in [0, 0.1) is 10.8 Å². The maximum absolute atomic E-state index is 13.4. The van der Waals surface area contributed by atoms with Gasteiger partial charge in [-0.3, -0.25) is 9.59 Å². The molecule has 2 aromatic rings. The van der Waals surface area contributed by atoms with Gasteiger partial charge < -0.3 is 19.9 Å². The van der Waals surface area contributed by atoms with Gasteiger partial charge in [0.1, 0.15) is 18.3 Å². The number of carbonyl (C=O) groups excluding carboxylic acids is 3. The highest BCUT2D eigenvalue weighted by Gasteiger charge is 2.67. The molecule has 1 fully saturated rings. The summed E-state index contributed by atoms with van der Waals surface area (Å²) in [5.74, 6) is -0.897. The fourth-order valence-electron chi connectivity index (χ4n) is 7.05. The number of carbonyl (C=O) groups is 3. The van der Waals surface area contributed by atoms with E-state index in [1.807, 2.05) is 38.1 Å². The molecule has 0 bridgehead atoms. The number of fused-ring (bicyclic) bond motifs is 4. The fourth-order valence-corrected chi connectivity index (χ4v) is 7.05. The molecule has 0 saturated heterocycles. The molecule has 1 saturated carbocycles. The molecule has 4 aliphatic rings. The lowest BCUT2D eigenvalue weighted by Crippen LogP contribution is -2.50. The van der Waals surface area contributed by atoms with Crippen molar-refractivity contribution in [1.82, 2.24) is 5.32 Å². The van der Waals surface area contributed by atoms with E-state index < -0.39 is 34.6 Å². The normalized spacial score (nSPS) is 28.0. The van der Waals surface area contributed by atoms with Crippen LogP contribution in [-0.2, 0) is 19.1 Å². The number of Topliss-reactive ketones (excluding diaryl/α,β-unsaturated/α-hetero) is 1. The molecule has 6 rings (SSSR count). The third-order valence-corrected chi connectivity index (χ3v) is 9.36. The summed E-state index contributed by atoms with van der Waals surface area (Å²) in [6, 6.07) is 16.3. The first-order valence-electron chi connectivity index (χ1n) is 13.5. The van der Waals surface area contributed by atoms with Crippen molar-refractivity contribution >= 4 is 17.8 Å². The largest absolute Gasteiger partial charge is 0.457 e. The first kappa shape index (κ1) is 25.6. The molecule has 39 heavy (non-hydrogen) atoms. The van der Waals surface area contributed by atoms with Crippen LogP contribution in [0.3, 0.4) is 0 Å². The average molecular weight is 528 g/mol. The Kier molecular flexibility index (Phi) is 5.67. The van der Waals surface area contributed by atoms with Gasteiger partial charge in [0.15, 0.2) is 5.78 Å². The Morgan fingerprint density at radius 3 is 2.18 bits per heavy atom. The molecule has 3 atom stereocenters. The third kappa shape index (κ3) is 3.70. The van der Waals surface area contributed by atoms with Gasteiger partial charge in [-0.15, -0.1) is 0 Å². The lowest BCUT2D eigenvalue weighted by atomic mass is 9.67. The number of hydrogen-bond acceptors (Lipinski definition) is 6. The van der Waals surface area contributed by atoms with Gasteiger partial charge >= 0.3 is 12.1 Å². The zero-order valence-corrected chi connectivity index (χ0v) is 22.7. The van der Waals surface area contributed by atoms with E-state index in [1.165, 1.54) is 6.92 Å². The SMILES string of the molecule is CC(=O)OC1C2=C(C)C3(CC3)C(C)(O)C(=O)C2=CC1(C)CNC(=O)OCC1c2ccccc2-c2ccccc21. The number of benzene rings is 2. The summed E-state index contributed by atoms with van der Waals surface area (Å²) in [6.45, 7) is 6.94. The van der Waals surface area contributed by atoms with E-state index in [0.717, 1.165) is 27.8 Å². The van der Waals surface area contributed by atoms with Crippen molar-refractivity contribution in [1.29, 1.82) is 0 Å². The Hall–Kier alpha value is -3.71. The van der Waals surface area contributed by atoms with E-state index in [4.69, 9.17) is 9.47 Å². The lowest BCUT2D eigenvalue weighted by molar-refractivity contribution is -0.148. The van der Waals surface area contributed by atoms with E-state index in [2.05, 4.69) is 29.6 Å². The number of esters is 1. The number of ketones is 1. The summed E-state index contributed by atoms with van der Waals surface area (Å²) >= 11 is 0. The van der Waals surface area contributed by atoms with Crippen LogP contribution in [0.1, 0.15) is 57.6 Å². The van der Waals surface area contributed by atoms with Crippen molar-refractivity contribution in [2.75, 3.05) is 13.2 Å². The molecule has 0 aromatic heterocycles. The molecular weight excluding hydrogens is 494 g/mol. The fraction of sp³-hybridized carbons (Fsp3) is 0.406. The maximum atomic E-state index is 13.4. The number of hydrogen-bond donors (Lipinski definition) is 2. The molecule has 4 aliphatic carbocycles. The number of alkyl carbamates (subject to hydrolysis) is 1. The Labute approximate surface area is 227 Å². The van der Waals surface area contributed by atoms with E-state index in [1.54, 1.807) is 13.0 Å². The zero-order valence-electron chi connectivity index (χ0n) is 22.7. The van der Waals surface area contributed by atoms with Gasteiger partial charge in [-0.2, -0.15) is 0 Å². The van der Waals surface area contributed by atoms with Crippen molar-refractivity contribution in [3.63, 3.8) is 0 Å². The minimum Gasteiger partial charge on any atom is -0.457 e. The van der Waals surface area contributed by atoms with Gasteiger partial charge in [0.25, 0.3) is 0 Å². The zero-order chi connectivity index (χ0) is 27.7. The molecule has 7 heteroatoms. The van der Waals surface area contributed by atoms with Gasteiger partial charge in [-0.05, 0) is 48.9 Å². The monoisotopic (exact) mass is 527 g/mol. The highest BCUT2D eigenvalue weighted by Crippen LogP contribution is 2.65. The van der Waals surface area contributed by atoms with Gasteiger partial charge in [0.05, 0.1) is 0 Å². The molecule has 7 nitrogen and oxygen atoms in total. The first-order chi connectivity index (χ1) is 18.5. The summed E-state index contributed by atoms with van der Waals surface area (Å²) in [5.41, 5.74) is 3.44. The van der Waals surface area contributed by atoms with Crippen LogP contribution in [0.5, 0.6) is 0 Å². The minimum absolute atomic E-state index is 0.0635. The molecular formula is C32H33NO6. The summed E-state index contributed by atoms with van der Waals surface area (Å²) in [4.78, 5) is 38.5. The summed E-state index contributed by atoms with van der Waals surface area (Å²) in [6.07, 6.45) is 1.81. The van der Waals surface area contributed by atoms with Crippen LogP contribution in [0.25, 0.3) is 11.1 Å². The second-order valence-electron chi connectivity index (χ2n) is 11.8. The predicted molar refractivity (Wildman–Crippen MR) is 145 cm³/mol. The van der Waals surface area contributed by atoms with Crippen LogP contribution in [0.2, 0.25) is 0 Å². The van der Waals surface area contributed by atoms with Gasteiger partial charge in [-0.1, -0.05) is 67.1 Å². The van der Waals surface area contributed by atoms with E-state index >= 15 is 0 Å². The minimum atomic E-state index is -1.52. The van der Waals surface area contributed by atoms with E-state index in [0.29, 0.717) is 24.0 Å². The summed E-state index contributed by atoms with van der Waals surface area (Å²) < 4.78 is 11.5. The Morgan fingerprint density at radius 2 is 1.62 bits per heavy atom. The van der Waals surface area contributed by atoms with E-state index in [-0.39, 0.29) is 24.9 Å². The highest BCUT2D eigenvalue weighted by atomic mass is 16.6. The molecule has 0 radical (unpaired) electrons. The van der Waals surface area contributed by atoms with Crippen LogP contribution in [0.15, 0.2) is 71.3 Å². The van der Waals surface area contributed by atoms with Crippen LogP contribution in [-0.4, -0.2) is 47.8 Å². The number of aliphatic hydroxyl groups is 1. The lowest BCUT2D eigenvalue weighted by Gasteiger charge is -2.40. The first-order valence-corrected chi connectivity index (χ1v) is 13.5. The van der Waals surface area contributed by atoms with Crippen LogP contribution < -0.4 is 5.32 Å². The quantitative estimate of drug-likeness (QED) is 0.540. The topological polar surface area (TPSA) is 102 Å². The predicted octanol–water partition coefficient (Wildman–Crippen LogP) is 4.83. The highest BCUT2D eigenvalue weighted by molar-refractivity contribution is 6.09. The second-order valence-corrected chi connectivity index (χ2v) is 11.8. The number of ether oxygens (including phenoxy) is 2. The molecule has 1 spiro atoms. The van der Waals surface area contributed by atoms with Gasteiger partial charge in [-0.25, -0.2) is 4.79 Å². The Morgan fingerprint density at radius 1 is 1.03 bits per heavy atom. The molecule has 2 N–H and O–H groups in total. The maximum Gasteiger partial charge on any atom is 0.407 e. The number of rotatable bonds is 5. The van der Waals surface area contributed by atoms with Crippen molar-refractivity contribution in [2.45, 2.75) is 58.2 Å². The van der Waals surface area contributed by atoms with Crippen molar-refractivity contribution in [3.8, 4) is 11.1 Å². The van der Waals surface area contributed by atoms with Gasteiger partial charge in [0.2, 0.25) is 0 Å². The average Bonchev–Trinajstić information content (AvgIpc) is 3.61. The van der Waals surface area contributed by atoms with Crippen LogP contribution in [0.4, 0.5) is 4.79 Å². The van der Waals surface area contributed by atoms with Crippen molar-refractivity contribution in [2.24, 2.45) is 10.8 Å². The molecule has 2 aromatic carbocycles. The molecule has 0 aliphatic heterocycles. The number of nitrogens with one attached hydrogen (secondary N) is 1. The van der Waals surface area contributed by atoms with Crippen molar-refractivity contribution < 1.29 is 29.0 Å². The smallest absolute Gasteiger partial charge is 0.407 e. The third-order valence-electron chi connectivity index (χ3n) is 9.36. The van der Waals surface area contributed by atoms with Crippen LogP contribution >= 0.6 is 0 Å². The summed E-state index contributed by atoms with van der Waals surface area (Å²) in [5, 5.41) is 14.0. The molecule has 202 valence electrons. The second kappa shape index (κ2) is 8.65. The number of amides is 1. The Balaban J connectivity index is 1.21. The van der Waals surface area contributed by atoms with E-state index in [9.17, 15) is 19.5 Å². The molecule has 3 unspecified atom stereocenters. The van der Waals surface area contributed by atoms with Gasteiger partial charge in [0, 0.05) is 41.4 Å². The molecule has 0 heterocycles. The summed E-state index contributed by atoms with van der Waals surface area (Å²) in [7, 11) is 0. The van der Waals surface area contributed by atoms with Crippen molar-refractivity contribution in [3.05, 3.63) is 82.5 Å². The standard InChI is InChI=1S/C32H33NO6/c1-18-26-24(27(35)31(4,37)32(18)13-14-32)15-30(3,28(26)39-19(2)34)17-33-29(36)38-16-25-22-11-7-5-9-20(22)21-10-6-8-12-23(21)25/h5-12,15,25,28,37H,13-14,16-17H2,1-4H3,(H,33,36).